The Balaban J connectivity index is 0.782. The maximum absolute atomic E-state index is 13.4. The minimum absolute atomic E-state index is 0.00563. The molecule has 5 aromatic rings. The van der Waals surface area contributed by atoms with Gasteiger partial charge in [-0.25, -0.2) is 14.4 Å². The second-order valence-electron chi connectivity index (χ2n) is 20.0. The molecule has 17 nitrogen and oxygen atoms in total. The van der Waals surface area contributed by atoms with Crippen LogP contribution < -0.4 is 41.0 Å². The van der Waals surface area contributed by atoms with Gasteiger partial charge in [0.2, 0.25) is 29.0 Å². The van der Waals surface area contributed by atoms with Gasteiger partial charge >= 0.3 is 5.97 Å². The van der Waals surface area contributed by atoms with Crippen molar-refractivity contribution in [2.45, 2.75) is 77.2 Å². The van der Waals surface area contributed by atoms with Crippen LogP contribution in [0.25, 0.3) is 44.5 Å². The average molecular weight is 1070 g/mol. The first-order valence-corrected chi connectivity index (χ1v) is 26.7. The fourth-order valence-corrected chi connectivity index (χ4v) is 9.92. The van der Waals surface area contributed by atoms with Crippen LogP contribution in [0.1, 0.15) is 102 Å². The summed E-state index contributed by atoms with van der Waals surface area (Å²) in [6.07, 6.45) is 7.84. The third-order valence-electron chi connectivity index (χ3n) is 14.2. The summed E-state index contributed by atoms with van der Waals surface area (Å²) in [5.74, 6) is -1.34. The molecule has 1 aromatic heterocycles. The zero-order valence-corrected chi connectivity index (χ0v) is 45.1. The highest BCUT2D eigenvalue weighted by Crippen LogP contribution is 2.42. The van der Waals surface area contributed by atoms with E-state index in [2.05, 4.69) is 21.3 Å². The van der Waals surface area contributed by atoms with Crippen LogP contribution in [0.5, 0.6) is 0 Å². The number of unbranched alkanes of at least 4 members (excludes halogenated alkanes) is 2. The molecule has 0 radical (unpaired) electrons. The van der Waals surface area contributed by atoms with E-state index in [4.69, 9.17) is 21.0 Å². The molecule has 1 aliphatic heterocycles. The van der Waals surface area contributed by atoms with Crippen molar-refractivity contribution < 1.29 is 38.3 Å². The lowest BCUT2D eigenvalue weighted by atomic mass is 9.88. The number of carbonyl (C=O) groups excluding carboxylic acids is 5. The van der Waals surface area contributed by atoms with Crippen LogP contribution in [-0.4, -0.2) is 105 Å². The van der Waals surface area contributed by atoms with E-state index in [1.54, 1.807) is 52.9 Å². The standard InChI is InChI=1S/C59H66ClN9O8/c1-66(2)41-21-25-45-50(35-41)77-51-36-42(67(3)4)22-26-46(51)54(45)44-24-18-39(33-47(44)58(75)76)55(72)63-29-11-7-10-15-52(70)61-30-12-31-62-53(71)28-32-69-49-27-23-43(68(5)57(74)38-13-8-6-9-14-38)34-48(49)64-59(69)65-56(73)37-16-19-40(60)20-17-37/h16-27,33-36,38H,6-15,28-32H2,1-5H3,(H4-,61,62,63,64,65,70,71,72,73,75,76)/p+1. The Bertz CT molecular complexity index is 3370. The van der Waals surface area contributed by atoms with Crippen LogP contribution in [0.4, 0.5) is 17.3 Å². The van der Waals surface area contributed by atoms with Crippen LogP contribution >= 0.6 is 11.6 Å². The lowest BCUT2D eigenvalue weighted by molar-refractivity contribution is -0.123. The van der Waals surface area contributed by atoms with Crippen LogP contribution in [0, 0.1) is 5.92 Å². The summed E-state index contributed by atoms with van der Waals surface area (Å²) < 4.78 is 10.2. The normalized spacial score (nSPS) is 12.6. The fourth-order valence-electron chi connectivity index (χ4n) is 9.79. The first-order valence-electron chi connectivity index (χ1n) is 26.3. The Kier molecular flexibility index (Phi) is 18.1. The summed E-state index contributed by atoms with van der Waals surface area (Å²) in [7, 11) is 9.53. The van der Waals surface area contributed by atoms with Gasteiger partial charge < -0.3 is 39.8 Å². The molecule has 18 heteroatoms. The van der Waals surface area contributed by atoms with E-state index in [1.807, 2.05) is 92.3 Å². The zero-order chi connectivity index (χ0) is 54.8. The molecule has 0 unspecified atom stereocenters. The number of carboxylic acid groups (broad SMARTS) is 1. The molecule has 3 aliphatic rings. The molecule has 0 atom stereocenters. The second-order valence-corrected chi connectivity index (χ2v) is 20.5. The van der Waals surface area contributed by atoms with E-state index in [9.17, 15) is 33.9 Å². The molecule has 2 heterocycles. The number of imidazole rings is 1. The molecule has 5 N–H and O–H groups in total. The maximum atomic E-state index is 13.4. The highest BCUT2D eigenvalue weighted by molar-refractivity contribution is 6.30. The minimum Gasteiger partial charge on any atom is -0.478 e. The number of anilines is 3. The molecule has 77 heavy (non-hydrogen) atoms. The summed E-state index contributed by atoms with van der Waals surface area (Å²) in [6, 6.07) is 28.4. The smallest absolute Gasteiger partial charge is 0.336 e. The number of benzene rings is 5. The number of amides is 5. The monoisotopic (exact) mass is 1060 g/mol. The molecular formula is C59H67ClN9O8+. The number of carbonyl (C=O) groups is 6. The number of aryl methyl sites for hydroxylation is 1. The Hall–Kier alpha value is -8.05. The van der Waals surface area contributed by atoms with E-state index in [0.29, 0.717) is 102 Å². The molecule has 4 aromatic carbocycles. The Morgan fingerprint density at radius 1 is 0.714 bits per heavy atom. The first-order chi connectivity index (χ1) is 37.1. The lowest BCUT2D eigenvalue weighted by Crippen LogP contribution is -2.33. The molecule has 1 fully saturated rings. The lowest BCUT2D eigenvalue weighted by Gasteiger charge is -2.26. The number of rotatable bonds is 21. The van der Waals surface area contributed by atoms with Crippen LogP contribution in [0.2, 0.25) is 5.02 Å². The van der Waals surface area contributed by atoms with Gasteiger partial charge in [-0.15, -0.1) is 0 Å². The Morgan fingerprint density at radius 2 is 1.40 bits per heavy atom. The zero-order valence-electron chi connectivity index (χ0n) is 44.3. The molecule has 5 amide bonds. The van der Waals surface area contributed by atoms with E-state index in [-0.39, 0.29) is 59.6 Å². The quantitative estimate of drug-likeness (QED) is 0.0262. The number of aromatic nitrogens is 2. The van der Waals surface area contributed by atoms with Crippen molar-refractivity contribution >= 4 is 86.4 Å². The summed E-state index contributed by atoms with van der Waals surface area (Å²) in [6.45, 7) is 1.28. The fraction of sp³-hybridized carbons (Fsp3) is 0.356. The third-order valence-corrected chi connectivity index (χ3v) is 14.4. The SMILES string of the molecule is CN(C)c1ccc2c(-c3ccc(C(=O)NCCCCCC(=O)NCCCNC(=O)CCn4c(NC(=O)c5ccc(Cl)cc5)nc5cc(N(C)C(=O)C6CCCCC6)ccc54)cc3C(=O)O)c3ccc(=[N+](C)C)cc-3oc2c1. The number of hydrogen-bond donors (Lipinski definition) is 5. The van der Waals surface area contributed by atoms with Gasteiger partial charge in [-0.1, -0.05) is 43.4 Å². The highest BCUT2D eigenvalue weighted by Gasteiger charge is 2.27. The van der Waals surface area contributed by atoms with Crippen LogP contribution in [0.15, 0.2) is 101 Å². The van der Waals surface area contributed by atoms with Gasteiger partial charge in [0.05, 0.1) is 22.7 Å². The predicted octanol–water partition coefficient (Wildman–Crippen LogP) is 8.80. The van der Waals surface area contributed by atoms with Gasteiger partial charge in [0.15, 0.2) is 0 Å². The van der Waals surface area contributed by atoms with Crippen LogP contribution in [0.3, 0.4) is 0 Å². The molecular weight excluding hydrogens is 998 g/mol. The van der Waals surface area contributed by atoms with Crippen molar-refractivity contribution in [3.8, 4) is 22.5 Å². The van der Waals surface area contributed by atoms with Crippen molar-refractivity contribution in [2.75, 3.05) is 70.0 Å². The molecule has 0 saturated heterocycles. The van der Waals surface area contributed by atoms with E-state index in [0.717, 1.165) is 54.1 Å². The molecule has 2 aliphatic carbocycles. The highest BCUT2D eigenvalue weighted by atomic mass is 35.5. The predicted molar refractivity (Wildman–Crippen MR) is 302 cm³/mol. The van der Waals surface area contributed by atoms with E-state index < -0.39 is 11.9 Å². The third kappa shape index (κ3) is 13.5. The van der Waals surface area contributed by atoms with Crippen LogP contribution in [-0.2, 0) is 20.9 Å². The average Bonchev–Trinajstić information content (AvgIpc) is 3.77. The van der Waals surface area contributed by atoms with Crippen molar-refractivity contribution in [3.63, 3.8) is 0 Å². The summed E-state index contributed by atoms with van der Waals surface area (Å²) in [5, 5.41) is 24.3. The van der Waals surface area contributed by atoms with Crippen molar-refractivity contribution in [1.82, 2.24) is 30.1 Å². The van der Waals surface area contributed by atoms with Crippen molar-refractivity contribution in [2.24, 2.45) is 5.92 Å². The largest absolute Gasteiger partial charge is 0.478 e. The number of nitrogens with one attached hydrogen (secondary N) is 4. The molecule has 0 spiro atoms. The van der Waals surface area contributed by atoms with Crippen molar-refractivity contribution in [3.05, 3.63) is 124 Å². The summed E-state index contributed by atoms with van der Waals surface area (Å²) in [4.78, 5) is 86.9. The number of halogens is 1. The molecule has 402 valence electrons. The number of hydrogen-bond acceptors (Lipinski definition) is 9. The van der Waals surface area contributed by atoms with E-state index >= 15 is 0 Å². The van der Waals surface area contributed by atoms with Gasteiger partial charge in [-0.05, 0) is 110 Å². The Morgan fingerprint density at radius 3 is 2.12 bits per heavy atom. The van der Waals surface area contributed by atoms with Gasteiger partial charge in [-0.2, -0.15) is 0 Å². The minimum atomic E-state index is -1.16. The van der Waals surface area contributed by atoms with Crippen molar-refractivity contribution in [1.29, 1.82) is 0 Å². The summed E-state index contributed by atoms with van der Waals surface area (Å²) >= 11 is 6.05. The topological polar surface area (TPSA) is 211 Å². The van der Waals surface area contributed by atoms with Gasteiger partial charge in [0.1, 0.15) is 25.4 Å². The van der Waals surface area contributed by atoms with E-state index in [1.165, 1.54) is 6.07 Å². The van der Waals surface area contributed by atoms with Gasteiger partial charge in [-0.3, -0.25) is 29.3 Å². The second kappa shape index (κ2) is 25.2. The van der Waals surface area contributed by atoms with Gasteiger partial charge in [0.25, 0.3) is 11.8 Å². The van der Waals surface area contributed by atoms with Gasteiger partial charge in [0, 0.05) is 122 Å². The maximum Gasteiger partial charge on any atom is 0.336 e. The Labute approximate surface area is 452 Å². The molecule has 0 bridgehead atoms. The number of aromatic carboxylic acids is 1. The molecule has 1 saturated carbocycles. The number of nitrogens with zero attached hydrogens (tertiary/aromatic N) is 5. The number of fused-ring (bicyclic) bond motifs is 3. The summed E-state index contributed by atoms with van der Waals surface area (Å²) in [5.41, 5.74) is 5.99. The first kappa shape index (κ1) is 55.2. The molecule has 8 rings (SSSR count). The number of carboxylic acids is 1.